The average molecular weight is 455 g/mol. The summed E-state index contributed by atoms with van der Waals surface area (Å²) in [6.07, 6.45) is -2.39. The van der Waals surface area contributed by atoms with Crippen LogP contribution in [0.5, 0.6) is 5.75 Å². The second-order valence-electron chi connectivity index (χ2n) is 6.90. The Morgan fingerprint density at radius 1 is 1.13 bits per heavy atom. The summed E-state index contributed by atoms with van der Waals surface area (Å²) in [4.78, 5) is 11.3. The largest absolute Gasteiger partial charge is 0.491 e. The molecule has 0 bridgehead atoms. The van der Waals surface area contributed by atoms with Gasteiger partial charge < -0.3 is 15.2 Å². The van der Waals surface area contributed by atoms with E-state index in [-0.39, 0.29) is 34.9 Å². The first kappa shape index (κ1) is 26.0. The lowest BCUT2D eigenvalue weighted by Gasteiger charge is -2.21. The number of nitrogens with zero attached hydrogens (tertiary/aromatic N) is 1. The Balaban J connectivity index is 2.89. The van der Waals surface area contributed by atoms with E-state index in [0.717, 1.165) is 4.31 Å². The first-order valence-electron chi connectivity index (χ1n) is 9.68. The molecular formula is C19H29F3N2O5S. The van der Waals surface area contributed by atoms with Crippen LogP contribution in [0.25, 0.3) is 0 Å². The standard InChI is InChI=1S/C19H29F3N2O5S/c1-4-29-16-14(18(25)26)10-11-15(17(16)30(27,28)24(2)3)23-13-9-7-5-6-8-12-19(20,21)22/h10-11,23H,4-9,12-13H2,1-3H3,(H,25,26). The molecule has 0 saturated carbocycles. The van der Waals surface area contributed by atoms with Crippen LogP contribution in [-0.2, 0) is 10.0 Å². The second-order valence-corrected chi connectivity index (χ2v) is 8.99. The Labute approximate surface area is 175 Å². The van der Waals surface area contributed by atoms with Crippen molar-refractivity contribution >= 4 is 21.7 Å². The van der Waals surface area contributed by atoms with Crippen molar-refractivity contribution in [1.82, 2.24) is 4.31 Å². The predicted molar refractivity (Wildman–Crippen MR) is 108 cm³/mol. The van der Waals surface area contributed by atoms with E-state index >= 15 is 0 Å². The van der Waals surface area contributed by atoms with Crippen LogP contribution in [-0.4, -0.2) is 57.2 Å². The zero-order chi connectivity index (χ0) is 22.9. The summed E-state index contributed by atoms with van der Waals surface area (Å²) in [5, 5.41) is 12.4. The molecule has 172 valence electrons. The van der Waals surface area contributed by atoms with Crippen molar-refractivity contribution in [2.24, 2.45) is 0 Å². The van der Waals surface area contributed by atoms with Crippen LogP contribution < -0.4 is 10.1 Å². The van der Waals surface area contributed by atoms with Gasteiger partial charge in [-0.15, -0.1) is 0 Å². The van der Waals surface area contributed by atoms with Crippen LogP contribution in [0.2, 0.25) is 0 Å². The van der Waals surface area contributed by atoms with Gasteiger partial charge in [0.25, 0.3) is 0 Å². The number of alkyl halides is 3. The third-order valence-electron chi connectivity index (χ3n) is 4.32. The van der Waals surface area contributed by atoms with E-state index in [4.69, 9.17) is 4.74 Å². The van der Waals surface area contributed by atoms with Crippen molar-refractivity contribution in [3.8, 4) is 5.75 Å². The van der Waals surface area contributed by atoms with E-state index < -0.39 is 28.6 Å². The molecule has 0 amide bonds. The molecule has 0 aliphatic carbocycles. The van der Waals surface area contributed by atoms with E-state index in [0.29, 0.717) is 32.2 Å². The molecule has 0 heterocycles. The lowest BCUT2D eigenvalue weighted by Crippen LogP contribution is -2.25. The number of sulfonamides is 1. The Morgan fingerprint density at radius 3 is 2.27 bits per heavy atom. The molecule has 1 aromatic carbocycles. The molecule has 0 fully saturated rings. The number of unbranched alkanes of at least 4 members (excludes halogenated alkanes) is 4. The third kappa shape index (κ3) is 7.67. The molecule has 1 rings (SSSR count). The summed E-state index contributed by atoms with van der Waals surface area (Å²) in [5.41, 5.74) is -0.0401. The number of carbonyl (C=O) groups is 1. The summed E-state index contributed by atoms with van der Waals surface area (Å²) in [7, 11) is -1.34. The number of rotatable bonds is 13. The van der Waals surface area contributed by atoms with Crippen molar-refractivity contribution in [3.05, 3.63) is 17.7 Å². The molecule has 11 heteroatoms. The van der Waals surface area contributed by atoms with Gasteiger partial charge in [-0.05, 0) is 31.9 Å². The topological polar surface area (TPSA) is 95.9 Å². The molecule has 2 N–H and O–H groups in total. The number of nitrogens with one attached hydrogen (secondary N) is 1. The molecule has 7 nitrogen and oxygen atoms in total. The van der Waals surface area contributed by atoms with E-state index in [1.54, 1.807) is 6.92 Å². The van der Waals surface area contributed by atoms with E-state index in [9.17, 15) is 31.5 Å². The number of hydrogen-bond donors (Lipinski definition) is 2. The second kappa shape index (κ2) is 11.4. The van der Waals surface area contributed by atoms with Gasteiger partial charge in [0.2, 0.25) is 10.0 Å². The number of hydrogen-bond acceptors (Lipinski definition) is 5. The number of carboxylic acid groups (broad SMARTS) is 1. The molecule has 30 heavy (non-hydrogen) atoms. The lowest BCUT2D eigenvalue weighted by atomic mass is 10.1. The number of aromatic carboxylic acids is 1. The maximum absolute atomic E-state index is 12.8. The molecule has 0 aliphatic rings. The zero-order valence-corrected chi connectivity index (χ0v) is 18.2. The molecule has 0 atom stereocenters. The Morgan fingerprint density at radius 2 is 1.73 bits per heavy atom. The van der Waals surface area contributed by atoms with Crippen LogP contribution in [0.15, 0.2) is 17.0 Å². The summed E-state index contributed by atoms with van der Waals surface area (Å²) < 4.78 is 68.4. The van der Waals surface area contributed by atoms with E-state index in [2.05, 4.69) is 5.32 Å². The van der Waals surface area contributed by atoms with Gasteiger partial charge in [0, 0.05) is 27.1 Å². The van der Waals surface area contributed by atoms with Crippen LogP contribution >= 0.6 is 0 Å². The van der Waals surface area contributed by atoms with Crippen molar-refractivity contribution in [1.29, 1.82) is 0 Å². The maximum atomic E-state index is 12.8. The monoisotopic (exact) mass is 454 g/mol. The van der Waals surface area contributed by atoms with Gasteiger partial charge >= 0.3 is 12.1 Å². The summed E-state index contributed by atoms with van der Waals surface area (Å²) >= 11 is 0. The minimum atomic E-state index is -4.13. The number of halogens is 3. The van der Waals surface area contributed by atoms with Gasteiger partial charge in [0.15, 0.2) is 5.75 Å². The van der Waals surface area contributed by atoms with Gasteiger partial charge in [-0.1, -0.05) is 19.3 Å². The SMILES string of the molecule is CCOc1c(C(=O)O)ccc(NCCCCCCCC(F)(F)F)c1S(=O)(=O)N(C)C. The van der Waals surface area contributed by atoms with Crippen molar-refractivity contribution in [3.63, 3.8) is 0 Å². The van der Waals surface area contributed by atoms with Crippen LogP contribution in [0.3, 0.4) is 0 Å². The first-order chi connectivity index (χ1) is 13.9. The van der Waals surface area contributed by atoms with Crippen molar-refractivity contribution < 1.29 is 36.2 Å². The van der Waals surface area contributed by atoms with Gasteiger partial charge in [0.05, 0.1) is 12.3 Å². The minimum Gasteiger partial charge on any atom is -0.491 e. The van der Waals surface area contributed by atoms with Crippen LogP contribution in [0, 0.1) is 0 Å². The summed E-state index contributed by atoms with van der Waals surface area (Å²) in [6, 6.07) is 2.66. The third-order valence-corrected chi connectivity index (χ3v) is 6.21. The Kier molecular flexibility index (Phi) is 9.89. The molecular weight excluding hydrogens is 425 g/mol. The fourth-order valence-corrected chi connectivity index (χ4v) is 3.99. The molecule has 1 aromatic rings. The highest BCUT2D eigenvalue weighted by molar-refractivity contribution is 7.89. The fourth-order valence-electron chi connectivity index (χ4n) is 2.80. The van der Waals surface area contributed by atoms with Crippen molar-refractivity contribution in [2.45, 2.75) is 56.5 Å². The number of carboxylic acids is 1. The smallest absolute Gasteiger partial charge is 0.389 e. The summed E-state index contributed by atoms with van der Waals surface area (Å²) in [6.45, 7) is 2.08. The number of ether oxygens (including phenoxy) is 1. The van der Waals surface area contributed by atoms with Gasteiger partial charge in [-0.25, -0.2) is 17.5 Å². The number of anilines is 1. The maximum Gasteiger partial charge on any atom is 0.389 e. The predicted octanol–water partition coefficient (Wildman–Crippen LogP) is 4.35. The molecule has 0 aliphatic heterocycles. The minimum absolute atomic E-state index is 0.0810. The highest BCUT2D eigenvalue weighted by atomic mass is 32.2. The molecule has 0 spiro atoms. The van der Waals surface area contributed by atoms with Gasteiger partial charge in [0.1, 0.15) is 10.5 Å². The summed E-state index contributed by atoms with van der Waals surface area (Å²) in [5.74, 6) is -1.53. The Hall–Kier alpha value is -2.01. The van der Waals surface area contributed by atoms with Crippen molar-refractivity contribution in [2.75, 3.05) is 32.6 Å². The highest BCUT2D eigenvalue weighted by Gasteiger charge is 2.30. The average Bonchev–Trinajstić information content (AvgIpc) is 2.62. The van der Waals surface area contributed by atoms with E-state index in [1.165, 1.54) is 26.2 Å². The molecule has 0 unspecified atom stereocenters. The Bertz CT molecular complexity index is 811. The highest BCUT2D eigenvalue weighted by Crippen LogP contribution is 2.36. The number of benzene rings is 1. The van der Waals surface area contributed by atoms with Crippen LogP contribution in [0.4, 0.5) is 18.9 Å². The molecule has 0 saturated heterocycles. The fraction of sp³-hybridized carbons (Fsp3) is 0.632. The van der Waals surface area contributed by atoms with Gasteiger partial charge in [-0.2, -0.15) is 13.2 Å². The van der Waals surface area contributed by atoms with Crippen LogP contribution in [0.1, 0.15) is 55.8 Å². The normalized spacial score (nSPS) is 12.2. The van der Waals surface area contributed by atoms with Gasteiger partial charge in [-0.3, -0.25) is 0 Å². The zero-order valence-electron chi connectivity index (χ0n) is 17.4. The first-order valence-corrected chi connectivity index (χ1v) is 11.1. The van der Waals surface area contributed by atoms with E-state index in [1.807, 2.05) is 0 Å². The molecule has 0 radical (unpaired) electrons. The molecule has 0 aromatic heterocycles. The quantitative estimate of drug-likeness (QED) is 0.430. The lowest BCUT2D eigenvalue weighted by molar-refractivity contribution is -0.135.